The Balaban J connectivity index is 1.50. The molecule has 0 amide bonds. The van der Waals surface area contributed by atoms with Crippen molar-refractivity contribution in [3.63, 3.8) is 0 Å². The van der Waals surface area contributed by atoms with E-state index in [1.165, 1.54) is 57.8 Å². The lowest BCUT2D eigenvalue weighted by Gasteiger charge is -2.61. The number of hydrogen-bond acceptors (Lipinski definition) is 1. The largest absolute Gasteiger partial charge is 0.297 e. The predicted molar refractivity (Wildman–Crippen MR) is 134 cm³/mol. The van der Waals surface area contributed by atoms with Crippen LogP contribution in [0.5, 0.6) is 0 Å². The van der Waals surface area contributed by atoms with Crippen molar-refractivity contribution in [2.45, 2.75) is 108 Å². The molecule has 0 heterocycles. The first-order valence-corrected chi connectivity index (χ1v) is 14.7. The summed E-state index contributed by atoms with van der Waals surface area (Å²) in [4.78, 5) is 12.8. The van der Waals surface area contributed by atoms with Crippen LogP contribution < -0.4 is 0 Å². The second-order valence-corrected chi connectivity index (χ2v) is 14.7. The first-order chi connectivity index (χ1) is 14.1. The normalized spacial score (nSPS) is 49.5. The van der Waals surface area contributed by atoms with E-state index in [2.05, 4.69) is 66.5 Å². The fourth-order valence-corrected chi connectivity index (χ4v) is 11.7. The zero-order chi connectivity index (χ0) is 21.8. The molecule has 4 aliphatic carbocycles. The molecule has 0 aliphatic heterocycles. The molecule has 1 nitrogen and oxygen atoms in total. The number of fused-ring (bicyclic) bond motifs is 5. The van der Waals surface area contributed by atoms with Gasteiger partial charge in [-0.25, -0.2) is 0 Å². The Labute approximate surface area is 202 Å². The van der Waals surface area contributed by atoms with Crippen molar-refractivity contribution in [1.82, 2.24) is 0 Å². The van der Waals surface area contributed by atoms with E-state index in [1.54, 1.807) is 0 Å². The van der Waals surface area contributed by atoms with E-state index in [4.69, 9.17) is 0 Å². The molecule has 4 saturated carbocycles. The summed E-state index contributed by atoms with van der Waals surface area (Å²) < 4.78 is 0. The van der Waals surface area contributed by atoms with Gasteiger partial charge in [0.15, 0.2) is 5.78 Å². The number of carbonyl (C=O) groups is 1. The molecular formula is C27H44Br2O. The Kier molecular flexibility index (Phi) is 6.95. The first-order valence-electron chi connectivity index (χ1n) is 12.9. The Morgan fingerprint density at radius 1 is 0.900 bits per heavy atom. The minimum atomic E-state index is 0.0486. The van der Waals surface area contributed by atoms with Gasteiger partial charge in [-0.3, -0.25) is 4.79 Å². The molecule has 4 rings (SSSR count). The zero-order valence-corrected chi connectivity index (χ0v) is 23.1. The van der Waals surface area contributed by atoms with Gasteiger partial charge in [0.2, 0.25) is 0 Å². The van der Waals surface area contributed by atoms with E-state index < -0.39 is 0 Å². The van der Waals surface area contributed by atoms with Crippen LogP contribution in [0.2, 0.25) is 0 Å². The first kappa shape index (κ1) is 23.8. The van der Waals surface area contributed by atoms with Crippen LogP contribution in [0.3, 0.4) is 0 Å². The van der Waals surface area contributed by atoms with Crippen LogP contribution in [-0.2, 0) is 4.79 Å². The van der Waals surface area contributed by atoms with E-state index >= 15 is 0 Å². The second kappa shape index (κ2) is 8.77. The lowest BCUT2D eigenvalue weighted by atomic mass is 9.44. The third kappa shape index (κ3) is 3.82. The van der Waals surface area contributed by atoms with Gasteiger partial charge in [-0.05, 0) is 97.2 Å². The van der Waals surface area contributed by atoms with Crippen LogP contribution in [0.15, 0.2) is 0 Å². The summed E-state index contributed by atoms with van der Waals surface area (Å²) in [6.07, 6.45) is 13.6. The molecule has 30 heavy (non-hydrogen) atoms. The van der Waals surface area contributed by atoms with Crippen molar-refractivity contribution in [3.8, 4) is 0 Å². The van der Waals surface area contributed by atoms with Crippen molar-refractivity contribution in [3.05, 3.63) is 0 Å². The average Bonchev–Trinajstić information content (AvgIpc) is 3.03. The molecular weight excluding hydrogens is 500 g/mol. The highest BCUT2D eigenvalue weighted by molar-refractivity contribution is 9.10. The number of rotatable bonds is 5. The standard InChI is InChI=1S/C27H44Br2O/c1-16(2)7-6-8-17(3)19-11-12-20-18-9-10-22-24(29)25(30)23(28)15-27(22,5)21(18)13-14-26(19,20)4/h16-24H,6-15H2,1-5H3/t17-,18+,19-,20+,21+,22-,23-,24+,26-,27-/m1/s1. The second-order valence-electron chi connectivity index (χ2n) is 12.6. The predicted octanol–water partition coefficient (Wildman–Crippen LogP) is 8.42. The fraction of sp³-hybridized carbons (Fsp3) is 0.963. The fourth-order valence-electron chi connectivity index (χ4n) is 9.15. The summed E-state index contributed by atoms with van der Waals surface area (Å²) in [5.41, 5.74) is 0.884. The molecule has 3 heteroatoms. The van der Waals surface area contributed by atoms with Gasteiger partial charge >= 0.3 is 0 Å². The molecule has 0 aromatic rings. The van der Waals surface area contributed by atoms with E-state index in [-0.39, 0.29) is 9.65 Å². The Morgan fingerprint density at radius 3 is 2.27 bits per heavy atom. The van der Waals surface area contributed by atoms with Gasteiger partial charge in [-0.2, -0.15) is 0 Å². The highest BCUT2D eigenvalue weighted by atomic mass is 79.9. The number of alkyl halides is 2. The highest BCUT2D eigenvalue weighted by Crippen LogP contribution is 2.68. The van der Waals surface area contributed by atoms with E-state index in [1.807, 2.05) is 0 Å². The SMILES string of the molecule is CC(C)CCC[C@@H](C)[C@H]1CC[C@H]2[C@@H]3CC[C@@H]4[C@H](Br)C(=O)[C@H](Br)C[C@]4(C)[C@H]3CC[C@]12C. The maximum atomic E-state index is 12.7. The topological polar surface area (TPSA) is 17.1 Å². The summed E-state index contributed by atoms with van der Waals surface area (Å²) in [6, 6.07) is 0. The van der Waals surface area contributed by atoms with Crippen LogP contribution in [0.25, 0.3) is 0 Å². The maximum Gasteiger partial charge on any atom is 0.160 e. The van der Waals surface area contributed by atoms with Gasteiger partial charge in [0.1, 0.15) is 0 Å². The van der Waals surface area contributed by atoms with Crippen molar-refractivity contribution in [2.75, 3.05) is 0 Å². The van der Waals surface area contributed by atoms with Crippen LogP contribution >= 0.6 is 31.9 Å². The van der Waals surface area contributed by atoms with E-state index in [9.17, 15) is 4.79 Å². The molecule has 4 fully saturated rings. The summed E-state index contributed by atoms with van der Waals surface area (Å²) in [6.45, 7) is 12.5. The zero-order valence-electron chi connectivity index (χ0n) is 19.9. The van der Waals surface area contributed by atoms with E-state index in [0.29, 0.717) is 22.5 Å². The summed E-state index contributed by atoms with van der Waals surface area (Å²) in [7, 11) is 0. The molecule has 0 radical (unpaired) electrons. The number of carbonyl (C=O) groups excluding carboxylic acids is 1. The van der Waals surface area contributed by atoms with Gasteiger partial charge in [-0.1, -0.05) is 85.7 Å². The summed E-state index contributed by atoms with van der Waals surface area (Å²) in [5, 5.41) is 0. The lowest BCUT2D eigenvalue weighted by molar-refractivity contribution is -0.137. The highest BCUT2D eigenvalue weighted by Gasteiger charge is 2.62. The van der Waals surface area contributed by atoms with Crippen molar-refractivity contribution >= 4 is 37.6 Å². The van der Waals surface area contributed by atoms with Gasteiger partial charge in [-0.15, -0.1) is 0 Å². The minimum Gasteiger partial charge on any atom is -0.297 e. The third-order valence-corrected chi connectivity index (χ3v) is 12.6. The summed E-state index contributed by atoms with van der Waals surface area (Å²) in [5.74, 6) is 6.23. The van der Waals surface area contributed by atoms with Crippen LogP contribution in [-0.4, -0.2) is 15.4 Å². The number of halogens is 2. The van der Waals surface area contributed by atoms with Crippen molar-refractivity contribution < 1.29 is 4.79 Å². The molecule has 0 aromatic heterocycles. The molecule has 0 N–H and O–H groups in total. The van der Waals surface area contributed by atoms with Crippen molar-refractivity contribution in [2.24, 2.45) is 52.3 Å². The number of ketones is 1. The third-order valence-electron chi connectivity index (χ3n) is 10.7. The van der Waals surface area contributed by atoms with Gasteiger partial charge < -0.3 is 0 Å². The minimum absolute atomic E-state index is 0.0486. The lowest BCUT2D eigenvalue weighted by Crippen LogP contribution is -2.58. The Hall–Kier alpha value is 0.630. The Bertz CT molecular complexity index is 647. The van der Waals surface area contributed by atoms with Gasteiger partial charge in [0.25, 0.3) is 0 Å². The molecule has 0 aromatic carbocycles. The van der Waals surface area contributed by atoms with Crippen molar-refractivity contribution in [1.29, 1.82) is 0 Å². The molecule has 4 aliphatic rings. The molecule has 0 bridgehead atoms. The molecule has 172 valence electrons. The molecule has 0 unspecified atom stereocenters. The van der Waals surface area contributed by atoms with Gasteiger partial charge in [0.05, 0.1) is 9.65 Å². The smallest absolute Gasteiger partial charge is 0.160 e. The summed E-state index contributed by atoms with van der Waals surface area (Å²) >= 11 is 7.60. The van der Waals surface area contributed by atoms with Crippen LogP contribution in [0.1, 0.15) is 98.8 Å². The maximum absolute atomic E-state index is 12.7. The number of Topliss-reactive ketones (excluding diaryl/α,β-unsaturated/α-hetero) is 1. The number of hydrogen-bond donors (Lipinski definition) is 0. The average molecular weight is 544 g/mol. The molecule has 0 spiro atoms. The van der Waals surface area contributed by atoms with Crippen LogP contribution in [0.4, 0.5) is 0 Å². The Morgan fingerprint density at radius 2 is 1.57 bits per heavy atom. The monoisotopic (exact) mass is 542 g/mol. The molecule has 0 saturated heterocycles. The molecule has 10 atom stereocenters. The van der Waals surface area contributed by atoms with E-state index in [0.717, 1.165) is 41.9 Å². The van der Waals surface area contributed by atoms with Crippen LogP contribution in [0, 0.1) is 52.3 Å². The van der Waals surface area contributed by atoms with Gasteiger partial charge in [0, 0.05) is 0 Å². The quantitative estimate of drug-likeness (QED) is 0.318.